The number of cyclic esters (lactones) is 1. The van der Waals surface area contributed by atoms with Crippen molar-refractivity contribution in [1.82, 2.24) is 5.32 Å². The summed E-state index contributed by atoms with van der Waals surface area (Å²) in [6.45, 7) is 2.18. The van der Waals surface area contributed by atoms with E-state index < -0.39 is 12.2 Å². The number of imide groups is 1. The van der Waals surface area contributed by atoms with Crippen molar-refractivity contribution in [2.75, 3.05) is 0 Å². The second kappa shape index (κ2) is 3.59. The molecule has 0 aromatic heterocycles. The number of hydrogen-bond acceptors (Lipinski definition) is 3. The molecule has 78 valence electrons. The molecule has 1 heterocycles. The fourth-order valence-corrected chi connectivity index (χ4v) is 2.44. The first-order valence-electron chi connectivity index (χ1n) is 5.18. The molecular formula is C10H15NO3. The number of nitrogens with one attached hydrogen (secondary N) is 1. The molecular weight excluding hydrogens is 182 g/mol. The molecule has 1 N–H and O–H groups in total. The molecule has 2 amide bonds. The van der Waals surface area contributed by atoms with Crippen molar-refractivity contribution in [3.05, 3.63) is 0 Å². The van der Waals surface area contributed by atoms with E-state index in [9.17, 15) is 9.59 Å². The Balaban J connectivity index is 2.00. The van der Waals surface area contributed by atoms with E-state index in [0.29, 0.717) is 5.92 Å². The third-order valence-electron chi connectivity index (χ3n) is 3.12. The lowest BCUT2D eigenvalue weighted by Gasteiger charge is -2.28. The Morgan fingerprint density at radius 2 is 2.14 bits per heavy atom. The topological polar surface area (TPSA) is 55.4 Å². The van der Waals surface area contributed by atoms with Gasteiger partial charge in [-0.2, -0.15) is 0 Å². The maximum absolute atomic E-state index is 11.3. The molecule has 2 aliphatic rings. The van der Waals surface area contributed by atoms with Crippen LogP contribution in [0.3, 0.4) is 0 Å². The van der Waals surface area contributed by atoms with Gasteiger partial charge < -0.3 is 4.74 Å². The lowest BCUT2D eigenvalue weighted by molar-refractivity contribution is -0.126. The average molecular weight is 197 g/mol. The summed E-state index contributed by atoms with van der Waals surface area (Å²) < 4.78 is 4.96. The fourth-order valence-electron chi connectivity index (χ4n) is 2.44. The van der Waals surface area contributed by atoms with Gasteiger partial charge >= 0.3 is 6.09 Å². The smallest absolute Gasteiger partial charge is 0.414 e. The van der Waals surface area contributed by atoms with Crippen molar-refractivity contribution in [3.63, 3.8) is 0 Å². The summed E-state index contributed by atoms with van der Waals surface area (Å²) in [5.74, 6) is 0.611. The molecule has 0 aromatic rings. The van der Waals surface area contributed by atoms with Crippen LogP contribution >= 0.6 is 0 Å². The Morgan fingerprint density at radius 1 is 1.36 bits per heavy atom. The van der Waals surface area contributed by atoms with Crippen molar-refractivity contribution in [2.45, 2.75) is 38.7 Å². The van der Waals surface area contributed by atoms with Crippen LogP contribution in [-0.2, 0) is 9.53 Å². The van der Waals surface area contributed by atoms with Gasteiger partial charge in [0, 0.05) is 5.92 Å². The van der Waals surface area contributed by atoms with Gasteiger partial charge in [0.2, 0.25) is 0 Å². The van der Waals surface area contributed by atoms with E-state index in [-0.39, 0.29) is 11.8 Å². The minimum absolute atomic E-state index is 0.227. The highest BCUT2D eigenvalue weighted by atomic mass is 16.6. The summed E-state index contributed by atoms with van der Waals surface area (Å²) in [7, 11) is 0. The predicted octanol–water partition coefficient (Wildman–Crippen LogP) is 1.45. The molecule has 1 aliphatic carbocycles. The van der Waals surface area contributed by atoms with Crippen LogP contribution in [0.5, 0.6) is 0 Å². The van der Waals surface area contributed by atoms with Gasteiger partial charge in [-0.15, -0.1) is 0 Å². The summed E-state index contributed by atoms with van der Waals surface area (Å²) in [5, 5.41) is 2.18. The van der Waals surface area contributed by atoms with E-state index in [0.717, 1.165) is 19.3 Å². The SMILES string of the molecule is CC1CCCC(C2OC(=O)NC2=O)C1. The van der Waals surface area contributed by atoms with E-state index >= 15 is 0 Å². The quantitative estimate of drug-likeness (QED) is 0.692. The van der Waals surface area contributed by atoms with Crippen LogP contribution in [0.1, 0.15) is 32.6 Å². The van der Waals surface area contributed by atoms with Gasteiger partial charge in [0.05, 0.1) is 0 Å². The van der Waals surface area contributed by atoms with Gasteiger partial charge in [0.25, 0.3) is 5.91 Å². The zero-order valence-electron chi connectivity index (χ0n) is 8.29. The second-order valence-corrected chi connectivity index (χ2v) is 4.35. The number of alkyl carbamates (subject to hydrolysis) is 1. The van der Waals surface area contributed by atoms with Crippen molar-refractivity contribution in [1.29, 1.82) is 0 Å². The van der Waals surface area contributed by atoms with Crippen molar-refractivity contribution in [3.8, 4) is 0 Å². The van der Waals surface area contributed by atoms with Gasteiger partial charge in [0.1, 0.15) is 0 Å². The van der Waals surface area contributed by atoms with E-state index in [1.807, 2.05) is 0 Å². The molecule has 4 nitrogen and oxygen atoms in total. The molecule has 1 saturated heterocycles. The Kier molecular flexibility index (Phi) is 2.44. The third-order valence-corrected chi connectivity index (χ3v) is 3.12. The number of rotatable bonds is 1. The van der Waals surface area contributed by atoms with Crippen molar-refractivity contribution >= 4 is 12.0 Å². The molecule has 0 aromatic carbocycles. The predicted molar refractivity (Wildman–Crippen MR) is 49.5 cm³/mol. The number of ether oxygens (including phenoxy) is 1. The lowest BCUT2D eigenvalue weighted by atomic mass is 9.79. The number of carbonyl (C=O) groups excluding carboxylic acids is 2. The lowest BCUT2D eigenvalue weighted by Crippen LogP contribution is -2.33. The molecule has 2 rings (SSSR count). The van der Waals surface area contributed by atoms with Gasteiger partial charge in [-0.1, -0.05) is 19.8 Å². The summed E-state index contributed by atoms with van der Waals surface area (Å²) in [6.07, 6.45) is 3.23. The van der Waals surface area contributed by atoms with Gasteiger partial charge in [-0.25, -0.2) is 4.79 Å². The highest BCUT2D eigenvalue weighted by Gasteiger charge is 2.39. The fraction of sp³-hybridized carbons (Fsp3) is 0.800. The van der Waals surface area contributed by atoms with Crippen molar-refractivity contribution < 1.29 is 14.3 Å². The van der Waals surface area contributed by atoms with Crippen LogP contribution in [0.4, 0.5) is 4.79 Å². The molecule has 1 saturated carbocycles. The number of hydrogen-bond donors (Lipinski definition) is 1. The first kappa shape index (κ1) is 9.49. The first-order valence-corrected chi connectivity index (χ1v) is 5.18. The second-order valence-electron chi connectivity index (χ2n) is 4.35. The van der Waals surface area contributed by atoms with Crippen LogP contribution in [0.15, 0.2) is 0 Å². The van der Waals surface area contributed by atoms with Crippen LogP contribution in [0.25, 0.3) is 0 Å². The first-order chi connectivity index (χ1) is 6.66. The zero-order valence-corrected chi connectivity index (χ0v) is 8.29. The largest absolute Gasteiger partial charge is 0.435 e. The molecule has 1 aliphatic heterocycles. The normalized spacial score (nSPS) is 37.9. The van der Waals surface area contributed by atoms with E-state index in [4.69, 9.17) is 4.74 Å². The molecule has 2 fully saturated rings. The monoisotopic (exact) mass is 197 g/mol. The van der Waals surface area contributed by atoms with Crippen LogP contribution < -0.4 is 5.32 Å². The number of amides is 2. The Hall–Kier alpha value is -1.06. The number of carbonyl (C=O) groups is 2. The molecule has 0 radical (unpaired) electrons. The highest BCUT2D eigenvalue weighted by Crippen LogP contribution is 2.33. The maximum atomic E-state index is 11.3. The van der Waals surface area contributed by atoms with E-state index in [2.05, 4.69) is 12.2 Å². The average Bonchev–Trinajstić information content (AvgIpc) is 2.45. The van der Waals surface area contributed by atoms with E-state index in [1.165, 1.54) is 6.42 Å². The molecule has 14 heavy (non-hydrogen) atoms. The van der Waals surface area contributed by atoms with Gasteiger partial charge in [-0.05, 0) is 18.8 Å². The Labute approximate surface area is 83.0 Å². The molecule has 4 heteroatoms. The standard InChI is InChI=1S/C10H15NO3/c1-6-3-2-4-7(5-6)8-9(12)11-10(13)14-8/h6-8H,2-5H2,1H3,(H,11,12,13). The minimum atomic E-state index is -0.585. The van der Waals surface area contributed by atoms with Gasteiger partial charge in [-0.3, -0.25) is 10.1 Å². The van der Waals surface area contributed by atoms with Crippen LogP contribution in [-0.4, -0.2) is 18.1 Å². The van der Waals surface area contributed by atoms with Crippen LogP contribution in [0.2, 0.25) is 0 Å². The molecule has 3 unspecified atom stereocenters. The van der Waals surface area contributed by atoms with Crippen molar-refractivity contribution in [2.24, 2.45) is 11.8 Å². The summed E-state index contributed by atoms with van der Waals surface area (Å²) in [4.78, 5) is 22.2. The summed E-state index contributed by atoms with van der Waals surface area (Å²) in [6, 6.07) is 0. The third kappa shape index (κ3) is 1.74. The summed E-state index contributed by atoms with van der Waals surface area (Å²) >= 11 is 0. The Bertz CT molecular complexity index is 264. The van der Waals surface area contributed by atoms with E-state index in [1.54, 1.807) is 0 Å². The summed E-state index contributed by atoms with van der Waals surface area (Å²) in [5.41, 5.74) is 0. The zero-order chi connectivity index (χ0) is 10.1. The molecule has 0 spiro atoms. The Morgan fingerprint density at radius 3 is 2.71 bits per heavy atom. The highest BCUT2D eigenvalue weighted by molar-refractivity contribution is 6.00. The van der Waals surface area contributed by atoms with Crippen LogP contribution in [0, 0.1) is 11.8 Å². The van der Waals surface area contributed by atoms with Gasteiger partial charge in [0.15, 0.2) is 6.10 Å². The molecule has 0 bridgehead atoms. The molecule has 3 atom stereocenters. The maximum Gasteiger partial charge on any atom is 0.414 e. The minimum Gasteiger partial charge on any atom is -0.435 e.